The summed E-state index contributed by atoms with van der Waals surface area (Å²) in [6, 6.07) is 11.0. The van der Waals surface area contributed by atoms with Crippen molar-refractivity contribution in [3.05, 3.63) is 71.4 Å². The quantitative estimate of drug-likeness (QED) is 0.601. The minimum absolute atomic E-state index is 0.103. The number of nitrogens with two attached hydrogens (primary N) is 1. The van der Waals surface area contributed by atoms with Crippen molar-refractivity contribution in [3.8, 4) is 11.3 Å². The largest absolute Gasteiger partial charge is 0.481 e. The number of benzene rings is 2. The van der Waals surface area contributed by atoms with E-state index in [0.29, 0.717) is 11.3 Å². The van der Waals surface area contributed by atoms with Gasteiger partial charge in [0.25, 0.3) is 5.91 Å². The fraction of sp³-hybridized carbons (Fsp3) is 0.0526. The van der Waals surface area contributed by atoms with Crippen LogP contribution in [0.1, 0.15) is 16.1 Å². The van der Waals surface area contributed by atoms with Crippen molar-refractivity contribution >= 4 is 23.3 Å². The van der Waals surface area contributed by atoms with E-state index in [-0.39, 0.29) is 29.1 Å². The second-order valence-electron chi connectivity index (χ2n) is 5.85. The summed E-state index contributed by atoms with van der Waals surface area (Å²) in [5, 5.41) is 19.1. The lowest BCUT2D eigenvalue weighted by atomic mass is 10.1. The molecule has 142 valence electrons. The molecule has 28 heavy (non-hydrogen) atoms. The average molecular weight is 384 g/mol. The summed E-state index contributed by atoms with van der Waals surface area (Å²) >= 11 is 0. The van der Waals surface area contributed by atoms with Crippen LogP contribution >= 0.6 is 0 Å². The zero-order chi connectivity index (χ0) is 20.3. The normalized spacial score (nSPS) is 10.5. The van der Waals surface area contributed by atoms with Crippen molar-refractivity contribution in [2.24, 2.45) is 5.73 Å². The van der Waals surface area contributed by atoms with E-state index in [4.69, 9.17) is 10.8 Å². The van der Waals surface area contributed by atoms with Crippen LogP contribution in [0.25, 0.3) is 11.3 Å². The van der Waals surface area contributed by atoms with Gasteiger partial charge in [0.2, 0.25) is 0 Å². The number of carboxylic acid groups (broad SMARTS) is 1. The molecule has 0 spiro atoms. The summed E-state index contributed by atoms with van der Waals surface area (Å²) in [4.78, 5) is 22.4. The monoisotopic (exact) mass is 384 g/mol. The highest BCUT2D eigenvalue weighted by Crippen LogP contribution is 2.28. The van der Waals surface area contributed by atoms with Gasteiger partial charge < -0.3 is 16.2 Å². The van der Waals surface area contributed by atoms with E-state index in [1.54, 1.807) is 24.3 Å². The second-order valence-corrected chi connectivity index (χ2v) is 5.85. The molecule has 7 nitrogen and oxygen atoms in total. The molecule has 3 aromatic rings. The zero-order valence-corrected chi connectivity index (χ0v) is 14.3. The first-order chi connectivity index (χ1) is 13.3. The SMILES string of the molecule is NC(=O)c1nnc(-c2c(F)cccc2F)cc1Nc1ccc(CC(=O)O)cc1. The summed E-state index contributed by atoms with van der Waals surface area (Å²) in [5.41, 5.74) is 5.76. The number of amides is 1. The molecule has 2 aromatic carbocycles. The fourth-order valence-electron chi connectivity index (χ4n) is 2.57. The molecule has 0 radical (unpaired) electrons. The third kappa shape index (κ3) is 4.09. The molecule has 0 fully saturated rings. The van der Waals surface area contributed by atoms with Gasteiger partial charge in [-0.2, -0.15) is 0 Å². The molecular weight excluding hydrogens is 370 g/mol. The smallest absolute Gasteiger partial charge is 0.307 e. The van der Waals surface area contributed by atoms with E-state index in [0.717, 1.165) is 12.1 Å². The molecule has 1 heterocycles. The number of aliphatic carboxylic acids is 1. The summed E-state index contributed by atoms with van der Waals surface area (Å²) in [6.07, 6.45) is -0.139. The highest BCUT2D eigenvalue weighted by molar-refractivity contribution is 5.97. The van der Waals surface area contributed by atoms with Gasteiger partial charge in [0, 0.05) is 5.69 Å². The molecule has 0 unspecified atom stereocenters. The first kappa shape index (κ1) is 18.9. The van der Waals surface area contributed by atoms with Gasteiger partial charge in [-0.15, -0.1) is 10.2 Å². The van der Waals surface area contributed by atoms with Crippen molar-refractivity contribution in [3.63, 3.8) is 0 Å². The number of carbonyl (C=O) groups excluding carboxylic acids is 1. The number of hydrogen-bond donors (Lipinski definition) is 3. The third-order valence-electron chi connectivity index (χ3n) is 3.83. The van der Waals surface area contributed by atoms with Crippen molar-refractivity contribution in [2.75, 3.05) is 5.32 Å². The second kappa shape index (κ2) is 7.78. The molecule has 0 aliphatic rings. The number of carboxylic acids is 1. The van der Waals surface area contributed by atoms with Crippen molar-refractivity contribution in [2.45, 2.75) is 6.42 Å². The third-order valence-corrected chi connectivity index (χ3v) is 3.83. The van der Waals surface area contributed by atoms with E-state index < -0.39 is 23.5 Å². The molecule has 9 heteroatoms. The van der Waals surface area contributed by atoms with E-state index in [1.807, 2.05) is 0 Å². The molecular formula is C19H14F2N4O3. The van der Waals surface area contributed by atoms with Crippen LogP contribution in [0, 0.1) is 11.6 Å². The van der Waals surface area contributed by atoms with Gasteiger partial charge in [-0.25, -0.2) is 8.78 Å². The minimum atomic E-state index is -0.966. The minimum Gasteiger partial charge on any atom is -0.481 e. The van der Waals surface area contributed by atoms with Crippen LogP contribution in [0.2, 0.25) is 0 Å². The highest BCUT2D eigenvalue weighted by Gasteiger charge is 2.18. The van der Waals surface area contributed by atoms with E-state index >= 15 is 0 Å². The molecule has 0 aliphatic carbocycles. The highest BCUT2D eigenvalue weighted by atomic mass is 19.1. The Morgan fingerprint density at radius 3 is 2.25 bits per heavy atom. The predicted octanol–water partition coefficient (Wildman–Crippen LogP) is 2.89. The predicted molar refractivity (Wildman–Crippen MR) is 97.0 cm³/mol. The lowest BCUT2D eigenvalue weighted by Crippen LogP contribution is -2.16. The molecule has 1 aromatic heterocycles. The Hall–Kier alpha value is -3.88. The van der Waals surface area contributed by atoms with E-state index in [2.05, 4.69) is 15.5 Å². The topological polar surface area (TPSA) is 118 Å². The molecule has 3 rings (SSSR count). The molecule has 0 saturated heterocycles. The standard InChI is InChI=1S/C19H14F2N4O3/c20-12-2-1-3-13(21)17(12)14-9-15(18(19(22)28)25-24-14)23-11-6-4-10(5-7-11)8-16(26)27/h1-7,9H,8H2,(H2,22,28)(H,23,24)(H,26,27). The number of aromatic nitrogens is 2. The Bertz CT molecular complexity index is 1040. The first-order valence-corrected chi connectivity index (χ1v) is 8.05. The van der Waals surface area contributed by atoms with Crippen LogP contribution < -0.4 is 11.1 Å². The number of halogens is 2. The zero-order valence-electron chi connectivity index (χ0n) is 14.3. The van der Waals surface area contributed by atoms with Gasteiger partial charge in [0.15, 0.2) is 5.69 Å². The van der Waals surface area contributed by atoms with E-state index in [1.165, 1.54) is 12.1 Å². The number of anilines is 2. The molecule has 0 saturated carbocycles. The van der Waals surface area contributed by atoms with Gasteiger partial charge in [-0.3, -0.25) is 9.59 Å². The van der Waals surface area contributed by atoms with Crippen LogP contribution in [0.5, 0.6) is 0 Å². The lowest BCUT2D eigenvalue weighted by Gasteiger charge is -2.12. The number of nitrogens with one attached hydrogen (secondary N) is 1. The van der Waals surface area contributed by atoms with Crippen LogP contribution in [-0.2, 0) is 11.2 Å². The maximum Gasteiger partial charge on any atom is 0.307 e. The van der Waals surface area contributed by atoms with Crippen molar-refractivity contribution in [1.29, 1.82) is 0 Å². The lowest BCUT2D eigenvalue weighted by molar-refractivity contribution is -0.136. The number of rotatable bonds is 6. The van der Waals surface area contributed by atoms with Gasteiger partial charge in [0.1, 0.15) is 17.3 Å². The number of primary amides is 1. The van der Waals surface area contributed by atoms with Crippen LogP contribution in [-0.4, -0.2) is 27.2 Å². The van der Waals surface area contributed by atoms with Crippen molar-refractivity contribution < 1.29 is 23.5 Å². The summed E-state index contributed by atoms with van der Waals surface area (Å²) in [7, 11) is 0. The molecule has 0 aliphatic heterocycles. The van der Waals surface area contributed by atoms with Gasteiger partial charge >= 0.3 is 5.97 Å². The summed E-state index contributed by atoms with van der Waals surface area (Å²) in [6.45, 7) is 0. The number of carbonyl (C=O) groups is 2. The molecule has 1 amide bonds. The average Bonchev–Trinajstić information content (AvgIpc) is 2.63. The maximum absolute atomic E-state index is 14.0. The Morgan fingerprint density at radius 2 is 1.68 bits per heavy atom. The Kier molecular flexibility index (Phi) is 5.25. The summed E-state index contributed by atoms with van der Waals surface area (Å²) in [5.74, 6) is -3.50. The first-order valence-electron chi connectivity index (χ1n) is 8.05. The molecule has 0 atom stereocenters. The number of hydrogen-bond acceptors (Lipinski definition) is 5. The Labute approximate surface area is 157 Å². The van der Waals surface area contributed by atoms with Crippen LogP contribution in [0.15, 0.2) is 48.5 Å². The molecule has 0 bridgehead atoms. The Morgan fingerprint density at radius 1 is 1.04 bits per heavy atom. The van der Waals surface area contributed by atoms with Gasteiger partial charge in [0.05, 0.1) is 17.7 Å². The fourth-order valence-corrected chi connectivity index (χ4v) is 2.57. The van der Waals surface area contributed by atoms with Gasteiger partial charge in [-0.05, 0) is 35.9 Å². The van der Waals surface area contributed by atoms with Crippen molar-refractivity contribution in [1.82, 2.24) is 10.2 Å². The Balaban J connectivity index is 1.99. The maximum atomic E-state index is 14.0. The van der Waals surface area contributed by atoms with Gasteiger partial charge in [-0.1, -0.05) is 18.2 Å². The number of nitrogens with zero attached hydrogens (tertiary/aromatic N) is 2. The van der Waals surface area contributed by atoms with Crippen LogP contribution in [0.4, 0.5) is 20.2 Å². The molecule has 4 N–H and O–H groups in total. The summed E-state index contributed by atoms with van der Waals surface area (Å²) < 4.78 is 28.1. The van der Waals surface area contributed by atoms with E-state index in [9.17, 15) is 18.4 Å². The van der Waals surface area contributed by atoms with Crippen LogP contribution in [0.3, 0.4) is 0 Å².